The number of benzene rings is 2. The van der Waals surface area contributed by atoms with E-state index in [1.54, 1.807) is 28.8 Å². The zero-order valence-electron chi connectivity index (χ0n) is 20.1. The van der Waals surface area contributed by atoms with Crippen LogP contribution in [0, 0.1) is 0 Å². The minimum Gasteiger partial charge on any atom is -0.462 e. The highest BCUT2D eigenvalue weighted by atomic mass is 16.5. The molecular weight excluding hydrogens is 444 g/mol. The van der Waals surface area contributed by atoms with E-state index in [9.17, 15) is 9.59 Å². The van der Waals surface area contributed by atoms with Crippen molar-refractivity contribution in [3.63, 3.8) is 0 Å². The SMILES string of the molecule is CCCCCCOC(=O)c1c(N)n(-c2ccc(C(=O)OCCC)cc2)c2nc3ccccc3nc12. The highest BCUT2D eigenvalue weighted by Crippen LogP contribution is 2.31. The zero-order chi connectivity index (χ0) is 24.8. The van der Waals surface area contributed by atoms with Gasteiger partial charge in [0.05, 0.1) is 29.8 Å². The lowest BCUT2D eigenvalue weighted by atomic mass is 10.2. The fourth-order valence-electron chi connectivity index (χ4n) is 3.91. The van der Waals surface area contributed by atoms with Gasteiger partial charge < -0.3 is 15.2 Å². The van der Waals surface area contributed by atoms with E-state index in [0.29, 0.717) is 46.7 Å². The van der Waals surface area contributed by atoms with Crippen molar-refractivity contribution in [1.82, 2.24) is 14.5 Å². The summed E-state index contributed by atoms with van der Waals surface area (Å²) in [6, 6.07) is 14.3. The van der Waals surface area contributed by atoms with Gasteiger partial charge in [0.25, 0.3) is 0 Å². The van der Waals surface area contributed by atoms with Crippen LogP contribution >= 0.6 is 0 Å². The van der Waals surface area contributed by atoms with E-state index in [4.69, 9.17) is 25.2 Å². The highest BCUT2D eigenvalue weighted by molar-refractivity contribution is 6.09. The molecule has 0 atom stereocenters. The normalized spacial score (nSPS) is 11.1. The molecule has 0 spiro atoms. The summed E-state index contributed by atoms with van der Waals surface area (Å²) in [5.41, 5.74) is 9.95. The summed E-state index contributed by atoms with van der Waals surface area (Å²) < 4.78 is 12.4. The molecule has 2 N–H and O–H groups in total. The lowest BCUT2D eigenvalue weighted by Crippen LogP contribution is -2.10. The number of hydrogen-bond acceptors (Lipinski definition) is 7. The van der Waals surface area contributed by atoms with E-state index in [-0.39, 0.29) is 17.4 Å². The number of para-hydroxylation sites is 2. The Bertz CT molecular complexity index is 1350. The number of aromatic nitrogens is 3. The molecule has 8 heteroatoms. The Labute approximate surface area is 204 Å². The molecule has 0 radical (unpaired) electrons. The average molecular weight is 475 g/mol. The molecule has 2 heterocycles. The summed E-state index contributed by atoms with van der Waals surface area (Å²) in [4.78, 5) is 34.8. The fraction of sp³-hybridized carbons (Fsp3) is 0.333. The Morgan fingerprint density at radius 1 is 0.829 bits per heavy atom. The lowest BCUT2D eigenvalue weighted by Gasteiger charge is -2.09. The maximum atomic E-state index is 13.1. The Morgan fingerprint density at radius 3 is 2.20 bits per heavy atom. The van der Waals surface area contributed by atoms with Crippen molar-refractivity contribution in [3.8, 4) is 5.69 Å². The van der Waals surface area contributed by atoms with Gasteiger partial charge in [-0.25, -0.2) is 19.6 Å². The van der Waals surface area contributed by atoms with E-state index in [2.05, 4.69) is 6.92 Å². The number of ether oxygens (including phenoxy) is 2. The molecule has 4 rings (SSSR count). The third-order valence-corrected chi connectivity index (χ3v) is 5.73. The van der Waals surface area contributed by atoms with Gasteiger partial charge in [-0.05, 0) is 49.2 Å². The largest absolute Gasteiger partial charge is 0.462 e. The Kier molecular flexibility index (Phi) is 7.60. The van der Waals surface area contributed by atoms with Gasteiger partial charge >= 0.3 is 11.9 Å². The Hall–Kier alpha value is -3.94. The van der Waals surface area contributed by atoms with Gasteiger partial charge in [-0.2, -0.15) is 0 Å². The van der Waals surface area contributed by atoms with Crippen LogP contribution in [0.4, 0.5) is 5.82 Å². The first-order valence-electron chi connectivity index (χ1n) is 12.1. The molecule has 0 bridgehead atoms. The van der Waals surface area contributed by atoms with Gasteiger partial charge in [-0.15, -0.1) is 0 Å². The third-order valence-electron chi connectivity index (χ3n) is 5.73. The molecule has 0 aliphatic rings. The predicted octanol–water partition coefficient (Wildman–Crippen LogP) is 5.46. The van der Waals surface area contributed by atoms with Crippen LogP contribution in [0.25, 0.3) is 27.9 Å². The van der Waals surface area contributed by atoms with Crippen molar-refractivity contribution in [3.05, 3.63) is 59.7 Å². The number of carbonyl (C=O) groups excluding carboxylic acids is 2. The summed E-state index contributed by atoms with van der Waals surface area (Å²) in [7, 11) is 0. The molecule has 0 saturated carbocycles. The monoisotopic (exact) mass is 474 g/mol. The molecule has 4 aromatic rings. The number of rotatable bonds is 10. The van der Waals surface area contributed by atoms with Crippen molar-refractivity contribution >= 4 is 40.0 Å². The van der Waals surface area contributed by atoms with Gasteiger partial charge in [0.1, 0.15) is 16.9 Å². The van der Waals surface area contributed by atoms with E-state index in [1.807, 2.05) is 31.2 Å². The first-order valence-corrected chi connectivity index (χ1v) is 12.1. The van der Waals surface area contributed by atoms with Crippen molar-refractivity contribution in [2.75, 3.05) is 18.9 Å². The minimum atomic E-state index is -0.521. The summed E-state index contributed by atoms with van der Waals surface area (Å²) in [5, 5.41) is 0. The van der Waals surface area contributed by atoms with E-state index in [1.165, 1.54) is 0 Å². The van der Waals surface area contributed by atoms with Crippen LogP contribution in [0.5, 0.6) is 0 Å². The average Bonchev–Trinajstić information content (AvgIpc) is 3.16. The first-order chi connectivity index (χ1) is 17.0. The number of unbranched alkanes of at least 4 members (excludes halogenated alkanes) is 3. The molecule has 0 aliphatic carbocycles. The second-order valence-corrected chi connectivity index (χ2v) is 8.36. The van der Waals surface area contributed by atoms with Crippen LogP contribution in [0.3, 0.4) is 0 Å². The molecule has 0 fully saturated rings. The van der Waals surface area contributed by atoms with Gasteiger partial charge in [0.2, 0.25) is 0 Å². The Balaban J connectivity index is 1.75. The van der Waals surface area contributed by atoms with Crippen LogP contribution < -0.4 is 5.73 Å². The molecular formula is C27H30N4O4. The van der Waals surface area contributed by atoms with Crippen molar-refractivity contribution in [2.24, 2.45) is 0 Å². The molecule has 0 aliphatic heterocycles. The van der Waals surface area contributed by atoms with Gasteiger partial charge in [-0.3, -0.25) is 4.57 Å². The number of nitrogens with two attached hydrogens (primary N) is 1. The first kappa shape index (κ1) is 24.2. The molecule has 182 valence electrons. The predicted molar refractivity (Wildman–Crippen MR) is 136 cm³/mol. The number of nitrogen functional groups attached to an aromatic ring is 1. The van der Waals surface area contributed by atoms with Crippen LogP contribution in [0.1, 0.15) is 66.7 Å². The summed E-state index contributed by atoms with van der Waals surface area (Å²) in [5.74, 6) is -0.718. The third kappa shape index (κ3) is 5.11. The minimum absolute atomic E-state index is 0.190. The second kappa shape index (κ2) is 11.0. The van der Waals surface area contributed by atoms with Gasteiger partial charge in [0.15, 0.2) is 5.65 Å². The number of fused-ring (bicyclic) bond motifs is 2. The maximum absolute atomic E-state index is 13.1. The van der Waals surface area contributed by atoms with Crippen molar-refractivity contribution in [2.45, 2.75) is 46.0 Å². The molecule has 0 unspecified atom stereocenters. The second-order valence-electron chi connectivity index (χ2n) is 8.36. The van der Waals surface area contributed by atoms with E-state index < -0.39 is 5.97 Å². The standard InChI is InChI=1S/C27H30N4O4/c1-3-5-6-9-17-35-27(33)22-23-25(30-21-11-8-7-10-20(21)29-23)31(24(22)28)19-14-12-18(13-15-19)26(32)34-16-4-2/h7-8,10-15H,3-6,9,16-17,28H2,1-2H3. The van der Waals surface area contributed by atoms with Crippen LogP contribution in [-0.4, -0.2) is 39.7 Å². The van der Waals surface area contributed by atoms with Crippen LogP contribution in [0.15, 0.2) is 48.5 Å². The Morgan fingerprint density at radius 2 is 1.51 bits per heavy atom. The van der Waals surface area contributed by atoms with Crippen molar-refractivity contribution < 1.29 is 19.1 Å². The molecule has 2 aromatic carbocycles. The van der Waals surface area contributed by atoms with Gasteiger partial charge in [0, 0.05) is 5.69 Å². The van der Waals surface area contributed by atoms with E-state index in [0.717, 1.165) is 32.1 Å². The van der Waals surface area contributed by atoms with Gasteiger partial charge in [-0.1, -0.05) is 45.2 Å². The smallest absolute Gasteiger partial charge is 0.344 e. The van der Waals surface area contributed by atoms with Crippen LogP contribution in [-0.2, 0) is 9.47 Å². The topological polar surface area (TPSA) is 109 Å². The molecule has 35 heavy (non-hydrogen) atoms. The quantitative estimate of drug-likeness (QED) is 0.240. The van der Waals surface area contributed by atoms with Crippen molar-refractivity contribution in [1.29, 1.82) is 0 Å². The molecule has 0 saturated heterocycles. The van der Waals surface area contributed by atoms with Crippen LogP contribution in [0.2, 0.25) is 0 Å². The molecule has 2 aromatic heterocycles. The lowest BCUT2D eigenvalue weighted by molar-refractivity contribution is 0.0493. The summed E-state index contributed by atoms with van der Waals surface area (Å²) >= 11 is 0. The maximum Gasteiger partial charge on any atom is 0.344 e. The number of anilines is 1. The summed E-state index contributed by atoms with van der Waals surface area (Å²) in [6.45, 7) is 4.75. The summed E-state index contributed by atoms with van der Waals surface area (Å²) in [6.07, 6.45) is 4.74. The molecule has 0 amide bonds. The number of carbonyl (C=O) groups is 2. The number of nitrogens with zero attached hydrogens (tertiary/aromatic N) is 3. The van der Waals surface area contributed by atoms with E-state index >= 15 is 0 Å². The molecule has 8 nitrogen and oxygen atoms in total. The zero-order valence-corrected chi connectivity index (χ0v) is 20.1. The number of hydrogen-bond donors (Lipinski definition) is 1. The highest BCUT2D eigenvalue weighted by Gasteiger charge is 2.26. The fourth-order valence-corrected chi connectivity index (χ4v) is 3.91. The number of esters is 2.